The summed E-state index contributed by atoms with van der Waals surface area (Å²) in [6.07, 6.45) is 3.24. The van der Waals surface area contributed by atoms with Crippen molar-refractivity contribution in [1.82, 2.24) is 5.32 Å². The van der Waals surface area contributed by atoms with Gasteiger partial charge in [-0.05, 0) is 37.8 Å². The van der Waals surface area contributed by atoms with Crippen LogP contribution >= 0.6 is 12.4 Å². The molecule has 1 aliphatic rings. The zero-order chi connectivity index (χ0) is 14.7. The number of nitrogens with one attached hydrogen (secondary N) is 1. The molecule has 1 amide bonds. The second kappa shape index (κ2) is 7.71. The molecule has 1 aromatic rings. The van der Waals surface area contributed by atoms with Gasteiger partial charge in [0.15, 0.2) is 0 Å². The largest absolute Gasteiger partial charge is 0.349 e. The Morgan fingerprint density at radius 2 is 2.00 bits per heavy atom. The Balaban J connectivity index is 0.00000220. The van der Waals surface area contributed by atoms with E-state index in [-0.39, 0.29) is 35.8 Å². The van der Waals surface area contributed by atoms with Crippen LogP contribution in [0.4, 0.5) is 8.78 Å². The number of nitrogens with two attached hydrogens (primary N) is 1. The fourth-order valence-corrected chi connectivity index (χ4v) is 2.85. The summed E-state index contributed by atoms with van der Waals surface area (Å²) in [6, 6.07) is 3.05. The summed E-state index contributed by atoms with van der Waals surface area (Å²) in [5.74, 6) is -1.32. The number of hydrogen-bond acceptors (Lipinski definition) is 2. The van der Waals surface area contributed by atoms with E-state index in [0.717, 1.165) is 19.3 Å². The van der Waals surface area contributed by atoms with E-state index in [1.165, 1.54) is 18.2 Å². The molecule has 0 aromatic heterocycles. The standard InChI is InChI=1S/C15H20F2N2O.ClH/c1-9(15-11(16)5-3-6-12(15)17)19-14(20)8-10-4-2-7-13(10)18;/h3,5-6,9-10,13H,2,4,7-8,18H2,1H3,(H,19,20);1H/t9?,10-,13+;/m0./s1. The molecule has 21 heavy (non-hydrogen) atoms. The van der Waals surface area contributed by atoms with Gasteiger partial charge in [0.25, 0.3) is 0 Å². The summed E-state index contributed by atoms with van der Waals surface area (Å²) in [5, 5.41) is 2.65. The van der Waals surface area contributed by atoms with Crippen LogP contribution in [0.1, 0.15) is 44.2 Å². The highest BCUT2D eigenvalue weighted by atomic mass is 35.5. The van der Waals surface area contributed by atoms with E-state index in [4.69, 9.17) is 5.73 Å². The highest BCUT2D eigenvalue weighted by Crippen LogP contribution is 2.27. The first-order valence-electron chi connectivity index (χ1n) is 6.98. The van der Waals surface area contributed by atoms with Crippen molar-refractivity contribution >= 4 is 18.3 Å². The summed E-state index contributed by atoms with van der Waals surface area (Å²) >= 11 is 0. The number of hydrogen-bond donors (Lipinski definition) is 2. The highest BCUT2D eigenvalue weighted by molar-refractivity contribution is 5.85. The molecule has 1 unspecified atom stereocenters. The second-order valence-corrected chi connectivity index (χ2v) is 5.48. The van der Waals surface area contributed by atoms with Gasteiger partial charge in [-0.15, -0.1) is 12.4 Å². The molecule has 0 spiro atoms. The number of amides is 1. The molecule has 0 aliphatic heterocycles. The lowest BCUT2D eigenvalue weighted by Gasteiger charge is -2.19. The first-order valence-corrected chi connectivity index (χ1v) is 6.98. The van der Waals surface area contributed by atoms with Gasteiger partial charge in [0.05, 0.1) is 6.04 Å². The molecule has 1 fully saturated rings. The lowest BCUT2D eigenvalue weighted by Crippen LogP contribution is -2.33. The zero-order valence-electron chi connectivity index (χ0n) is 11.9. The zero-order valence-corrected chi connectivity index (χ0v) is 12.8. The summed E-state index contributed by atoms with van der Waals surface area (Å²) in [5.41, 5.74) is 5.82. The predicted molar refractivity (Wildman–Crippen MR) is 80.1 cm³/mol. The minimum absolute atomic E-state index is 0. The molecule has 1 aliphatic carbocycles. The van der Waals surface area contributed by atoms with Gasteiger partial charge in [-0.1, -0.05) is 12.5 Å². The Morgan fingerprint density at radius 1 is 1.38 bits per heavy atom. The maximum Gasteiger partial charge on any atom is 0.220 e. The molecular formula is C15H21ClF2N2O. The van der Waals surface area contributed by atoms with Gasteiger partial charge in [-0.25, -0.2) is 8.78 Å². The van der Waals surface area contributed by atoms with Gasteiger partial charge in [0, 0.05) is 18.0 Å². The Labute approximate surface area is 129 Å². The maximum absolute atomic E-state index is 13.6. The van der Waals surface area contributed by atoms with Crippen LogP contribution < -0.4 is 11.1 Å². The highest BCUT2D eigenvalue weighted by Gasteiger charge is 2.27. The third kappa shape index (κ3) is 4.38. The van der Waals surface area contributed by atoms with Crippen molar-refractivity contribution in [3.8, 4) is 0 Å². The first kappa shape index (κ1) is 17.9. The van der Waals surface area contributed by atoms with E-state index in [0.29, 0.717) is 6.42 Å². The molecule has 6 heteroatoms. The van der Waals surface area contributed by atoms with Crippen molar-refractivity contribution in [2.75, 3.05) is 0 Å². The monoisotopic (exact) mass is 318 g/mol. The lowest BCUT2D eigenvalue weighted by molar-refractivity contribution is -0.122. The van der Waals surface area contributed by atoms with E-state index >= 15 is 0 Å². The number of carbonyl (C=O) groups excluding carboxylic acids is 1. The van der Waals surface area contributed by atoms with Crippen molar-refractivity contribution in [3.63, 3.8) is 0 Å². The van der Waals surface area contributed by atoms with Crippen LogP contribution in [0.15, 0.2) is 18.2 Å². The van der Waals surface area contributed by atoms with Crippen LogP contribution in [-0.2, 0) is 4.79 Å². The average Bonchev–Trinajstić information content (AvgIpc) is 2.74. The molecule has 0 saturated heterocycles. The fraction of sp³-hybridized carbons (Fsp3) is 0.533. The van der Waals surface area contributed by atoms with Crippen LogP contribution in [0.3, 0.4) is 0 Å². The number of carbonyl (C=O) groups is 1. The molecule has 2 rings (SSSR count). The molecule has 1 saturated carbocycles. The van der Waals surface area contributed by atoms with Crippen LogP contribution in [0.2, 0.25) is 0 Å². The number of halogens is 3. The maximum atomic E-state index is 13.6. The van der Waals surface area contributed by atoms with Crippen molar-refractivity contribution in [2.24, 2.45) is 11.7 Å². The molecule has 3 atom stereocenters. The molecule has 0 heterocycles. The van der Waals surface area contributed by atoms with Gasteiger partial charge in [-0.3, -0.25) is 4.79 Å². The quantitative estimate of drug-likeness (QED) is 0.896. The summed E-state index contributed by atoms with van der Waals surface area (Å²) in [7, 11) is 0. The normalized spacial score (nSPS) is 22.5. The summed E-state index contributed by atoms with van der Waals surface area (Å²) < 4.78 is 27.2. The average molecular weight is 319 g/mol. The second-order valence-electron chi connectivity index (χ2n) is 5.48. The fourth-order valence-electron chi connectivity index (χ4n) is 2.85. The molecule has 3 nitrogen and oxygen atoms in total. The Hall–Kier alpha value is -1.20. The van der Waals surface area contributed by atoms with E-state index in [9.17, 15) is 13.6 Å². The van der Waals surface area contributed by atoms with Gasteiger partial charge >= 0.3 is 0 Å². The summed E-state index contributed by atoms with van der Waals surface area (Å²) in [4.78, 5) is 11.9. The van der Waals surface area contributed by atoms with E-state index in [2.05, 4.69) is 5.32 Å². The van der Waals surface area contributed by atoms with Gasteiger partial charge in [-0.2, -0.15) is 0 Å². The minimum atomic E-state index is -0.693. The minimum Gasteiger partial charge on any atom is -0.349 e. The van der Waals surface area contributed by atoms with Gasteiger partial charge < -0.3 is 11.1 Å². The first-order chi connectivity index (χ1) is 9.49. The van der Waals surface area contributed by atoms with Crippen LogP contribution in [0.25, 0.3) is 0 Å². The molecular weight excluding hydrogens is 298 g/mol. The van der Waals surface area contributed by atoms with Crippen LogP contribution in [0.5, 0.6) is 0 Å². The Kier molecular flexibility index (Phi) is 6.55. The number of benzene rings is 1. The molecule has 0 radical (unpaired) electrons. The van der Waals surface area contributed by atoms with Crippen molar-refractivity contribution in [3.05, 3.63) is 35.4 Å². The molecule has 3 N–H and O–H groups in total. The number of rotatable bonds is 4. The van der Waals surface area contributed by atoms with Crippen molar-refractivity contribution < 1.29 is 13.6 Å². The van der Waals surface area contributed by atoms with Crippen LogP contribution in [-0.4, -0.2) is 11.9 Å². The van der Waals surface area contributed by atoms with E-state index in [1.54, 1.807) is 6.92 Å². The summed E-state index contributed by atoms with van der Waals surface area (Å²) in [6.45, 7) is 1.58. The van der Waals surface area contributed by atoms with Gasteiger partial charge in [0.2, 0.25) is 5.91 Å². The van der Waals surface area contributed by atoms with Gasteiger partial charge in [0.1, 0.15) is 11.6 Å². The lowest BCUT2D eigenvalue weighted by atomic mass is 9.99. The van der Waals surface area contributed by atoms with Crippen molar-refractivity contribution in [1.29, 1.82) is 0 Å². The topological polar surface area (TPSA) is 55.1 Å². The molecule has 118 valence electrons. The van der Waals surface area contributed by atoms with E-state index in [1.807, 2.05) is 0 Å². The molecule has 1 aromatic carbocycles. The Morgan fingerprint density at radius 3 is 2.52 bits per heavy atom. The third-order valence-electron chi connectivity index (χ3n) is 3.98. The van der Waals surface area contributed by atoms with E-state index < -0.39 is 17.7 Å². The predicted octanol–water partition coefficient (Wildman–Crippen LogP) is 3.08. The third-order valence-corrected chi connectivity index (χ3v) is 3.98. The molecule has 0 bridgehead atoms. The Bertz CT molecular complexity index is 478. The SMILES string of the molecule is CC(NC(=O)C[C@@H]1CCC[C@H]1N)c1c(F)cccc1F.Cl. The smallest absolute Gasteiger partial charge is 0.220 e. The van der Waals surface area contributed by atoms with Crippen molar-refractivity contribution in [2.45, 2.75) is 44.7 Å². The van der Waals surface area contributed by atoms with Crippen LogP contribution in [0, 0.1) is 17.6 Å².